The zero-order chi connectivity index (χ0) is 22.0. The van der Waals surface area contributed by atoms with Crippen LogP contribution >= 0.6 is 0 Å². The molecule has 160 valence electrons. The zero-order valence-electron chi connectivity index (χ0n) is 18.1. The molecule has 0 spiro atoms. The molecule has 1 amide bonds. The number of benzene rings is 2. The fraction of sp³-hybridized carbons (Fsp3) is 0.333. The number of carbonyl (C=O) groups is 1. The Kier molecular flexibility index (Phi) is 5.84. The van der Waals surface area contributed by atoms with Gasteiger partial charge in [0.25, 0.3) is 5.56 Å². The molecule has 0 bridgehead atoms. The Bertz CT molecular complexity index is 1290. The second-order valence-corrected chi connectivity index (χ2v) is 8.10. The van der Waals surface area contributed by atoms with Crippen molar-refractivity contribution in [3.05, 3.63) is 70.3 Å². The highest BCUT2D eigenvalue weighted by atomic mass is 16.2. The summed E-state index contributed by atoms with van der Waals surface area (Å²) in [6.45, 7) is 6.09. The number of aryl methyl sites for hydroxylation is 1. The van der Waals surface area contributed by atoms with Gasteiger partial charge in [-0.25, -0.2) is 0 Å². The molecule has 0 unspecified atom stereocenters. The van der Waals surface area contributed by atoms with Crippen molar-refractivity contribution in [2.24, 2.45) is 0 Å². The van der Waals surface area contributed by atoms with E-state index in [1.807, 2.05) is 62.4 Å². The van der Waals surface area contributed by atoms with E-state index in [9.17, 15) is 9.59 Å². The van der Waals surface area contributed by atoms with Crippen LogP contribution in [0.15, 0.2) is 53.3 Å². The van der Waals surface area contributed by atoms with Crippen LogP contribution in [0.1, 0.15) is 50.9 Å². The third kappa shape index (κ3) is 4.08. The van der Waals surface area contributed by atoms with Crippen LogP contribution in [0, 0.1) is 0 Å². The van der Waals surface area contributed by atoms with E-state index in [2.05, 4.69) is 22.4 Å². The third-order valence-electron chi connectivity index (χ3n) is 5.41. The van der Waals surface area contributed by atoms with Gasteiger partial charge in [-0.2, -0.15) is 0 Å². The van der Waals surface area contributed by atoms with Crippen molar-refractivity contribution in [1.29, 1.82) is 0 Å². The molecule has 0 aliphatic carbocycles. The van der Waals surface area contributed by atoms with Gasteiger partial charge in [0.1, 0.15) is 12.4 Å². The minimum Gasteiger partial charge on any atom is -0.325 e. The number of rotatable bonds is 7. The first-order valence-corrected chi connectivity index (χ1v) is 10.7. The van der Waals surface area contributed by atoms with Crippen LogP contribution in [0.3, 0.4) is 0 Å². The maximum absolute atomic E-state index is 13.2. The van der Waals surface area contributed by atoms with Gasteiger partial charge >= 0.3 is 0 Å². The molecule has 0 aliphatic heterocycles. The molecule has 0 radical (unpaired) electrons. The number of carbonyl (C=O) groups excluding carboxylic acids is 1. The predicted molar refractivity (Wildman–Crippen MR) is 123 cm³/mol. The fourth-order valence-electron chi connectivity index (χ4n) is 3.79. The number of aromatic nitrogens is 4. The van der Waals surface area contributed by atoms with Gasteiger partial charge in [0.2, 0.25) is 11.6 Å². The number of nitrogens with one attached hydrogen (secondary N) is 1. The van der Waals surface area contributed by atoms with E-state index in [1.165, 1.54) is 10.1 Å². The topological polar surface area (TPSA) is 81.3 Å². The smallest absolute Gasteiger partial charge is 0.297 e. The quantitative estimate of drug-likeness (QED) is 0.490. The molecule has 2 aromatic heterocycles. The Morgan fingerprint density at radius 2 is 1.74 bits per heavy atom. The highest BCUT2D eigenvalue weighted by Gasteiger charge is 2.19. The molecule has 0 saturated heterocycles. The van der Waals surface area contributed by atoms with E-state index in [0.29, 0.717) is 11.2 Å². The van der Waals surface area contributed by atoms with Crippen molar-refractivity contribution in [3.8, 4) is 0 Å². The van der Waals surface area contributed by atoms with E-state index in [0.717, 1.165) is 30.6 Å². The Morgan fingerprint density at radius 1 is 1.03 bits per heavy atom. The van der Waals surface area contributed by atoms with Gasteiger partial charge in [0.15, 0.2) is 0 Å². The lowest BCUT2D eigenvalue weighted by Gasteiger charge is -2.13. The number of nitrogens with zero attached hydrogens (tertiary/aromatic N) is 4. The largest absolute Gasteiger partial charge is 0.325 e. The van der Waals surface area contributed by atoms with Gasteiger partial charge in [-0.1, -0.05) is 51.5 Å². The zero-order valence-corrected chi connectivity index (χ0v) is 18.1. The van der Waals surface area contributed by atoms with E-state index in [-0.39, 0.29) is 29.6 Å². The molecule has 0 atom stereocenters. The van der Waals surface area contributed by atoms with Crippen molar-refractivity contribution in [1.82, 2.24) is 19.2 Å². The fourth-order valence-corrected chi connectivity index (χ4v) is 3.79. The second-order valence-electron chi connectivity index (χ2n) is 8.10. The summed E-state index contributed by atoms with van der Waals surface area (Å²) >= 11 is 0. The van der Waals surface area contributed by atoms with E-state index in [1.54, 1.807) is 4.40 Å². The molecule has 2 aromatic carbocycles. The average Bonchev–Trinajstić information content (AvgIpc) is 3.22. The summed E-state index contributed by atoms with van der Waals surface area (Å²) in [5.74, 6) is 0.571. The average molecular weight is 418 g/mol. The molecule has 31 heavy (non-hydrogen) atoms. The van der Waals surface area contributed by atoms with Crippen molar-refractivity contribution < 1.29 is 4.79 Å². The molecule has 4 aromatic rings. The predicted octanol–water partition coefficient (Wildman–Crippen LogP) is 4.15. The monoisotopic (exact) mass is 417 g/mol. The normalized spacial score (nSPS) is 11.5. The lowest BCUT2D eigenvalue weighted by atomic mass is 10.1. The van der Waals surface area contributed by atoms with Gasteiger partial charge < -0.3 is 5.32 Å². The SMILES string of the molecule is CCCCc1ccc(NC(=O)Cn2c(=O)c3nnc(C(C)C)n3c3ccccc32)cc1. The Morgan fingerprint density at radius 3 is 2.42 bits per heavy atom. The molecule has 4 rings (SSSR count). The summed E-state index contributed by atoms with van der Waals surface area (Å²) in [5, 5.41) is 11.2. The first kappa shape index (κ1) is 20.8. The number of amides is 1. The van der Waals surface area contributed by atoms with E-state index >= 15 is 0 Å². The number of anilines is 1. The van der Waals surface area contributed by atoms with Crippen LogP contribution in [0.4, 0.5) is 5.69 Å². The van der Waals surface area contributed by atoms with Crippen LogP contribution in [-0.2, 0) is 17.8 Å². The molecule has 7 nitrogen and oxygen atoms in total. The van der Waals surface area contributed by atoms with E-state index in [4.69, 9.17) is 0 Å². The molecular formula is C24H27N5O2. The molecule has 7 heteroatoms. The summed E-state index contributed by atoms with van der Waals surface area (Å²) in [5.41, 5.74) is 3.35. The number of hydrogen-bond acceptors (Lipinski definition) is 4. The van der Waals surface area contributed by atoms with Gasteiger partial charge in [-0.05, 0) is 42.7 Å². The number of hydrogen-bond donors (Lipinski definition) is 1. The lowest BCUT2D eigenvalue weighted by Crippen LogP contribution is -2.29. The molecule has 0 saturated carbocycles. The molecule has 0 fully saturated rings. The van der Waals surface area contributed by atoms with Crippen molar-refractivity contribution in [3.63, 3.8) is 0 Å². The van der Waals surface area contributed by atoms with Crippen molar-refractivity contribution in [2.75, 3.05) is 5.32 Å². The third-order valence-corrected chi connectivity index (χ3v) is 5.41. The minimum absolute atomic E-state index is 0.0999. The van der Waals surface area contributed by atoms with Gasteiger partial charge in [0.05, 0.1) is 11.0 Å². The molecular weight excluding hydrogens is 390 g/mol. The lowest BCUT2D eigenvalue weighted by molar-refractivity contribution is -0.116. The van der Waals surface area contributed by atoms with Crippen LogP contribution in [-0.4, -0.2) is 25.1 Å². The Hall–Kier alpha value is -3.48. The summed E-state index contributed by atoms with van der Waals surface area (Å²) in [7, 11) is 0. The number of fused-ring (bicyclic) bond motifs is 3. The molecule has 1 N–H and O–H groups in total. The van der Waals surface area contributed by atoms with E-state index < -0.39 is 0 Å². The summed E-state index contributed by atoms with van der Waals surface area (Å²) < 4.78 is 3.26. The first-order chi connectivity index (χ1) is 15.0. The maximum Gasteiger partial charge on any atom is 0.297 e. The molecule has 2 heterocycles. The van der Waals surface area contributed by atoms with Crippen LogP contribution in [0.5, 0.6) is 0 Å². The number of para-hydroxylation sites is 2. The van der Waals surface area contributed by atoms with Crippen molar-refractivity contribution >= 4 is 28.3 Å². The van der Waals surface area contributed by atoms with Crippen LogP contribution < -0.4 is 10.9 Å². The first-order valence-electron chi connectivity index (χ1n) is 10.7. The minimum atomic E-state index is -0.330. The summed E-state index contributed by atoms with van der Waals surface area (Å²) in [6.07, 6.45) is 3.32. The van der Waals surface area contributed by atoms with Crippen LogP contribution in [0.25, 0.3) is 16.7 Å². The highest BCUT2D eigenvalue weighted by molar-refractivity contribution is 5.91. The highest BCUT2D eigenvalue weighted by Crippen LogP contribution is 2.20. The number of unbranched alkanes of at least 4 members (excludes halogenated alkanes) is 1. The second kappa shape index (κ2) is 8.71. The van der Waals surface area contributed by atoms with Gasteiger partial charge in [0, 0.05) is 11.6 Å². The summed E-state index contributed by atoms with van der Waals surface area (Å²) in [6, 6.07) is 15.4. The van der Waals surface area contributed by atoms with Gasteiger partial charge in [-0.3, -0.25) is 18.6 Å². The standard InChI is InChI=1S/C24H27N5O2/c1-4-5-8-17-11-13-18(14-12-17)25-21(30)15-28-19-9-6-7-10-20(19)29-22(16(2)3)26-27-23(29)24(28)31/h6-7,9-14,16H,4-5,8,15H2,1-3H3,(H,25,30). The Balaban J connectivity index is 1.66. The Labute approximate surface area is 180 Å². The van der Waals surface area contributed by atoms with Crippen LogP contribution in [0.2, 0.25) is 0 Å². The summed E-state index contributed by atoms with van der Waals surface area (Å²) in [4.78, 5) is 25.9. The maximum atomic E-state index is 13.2. The van der Waals surface area contributed by atoms with Crippen molar-refractivity contribution in [2.45, 2.75) is 52.5 Å². The van der Waals surface area contributed by atoms with Gasteiger partial charge in [-0.15, -0.1) is 10.2 Å². The molecule has 0 aliphatic rings.